The maximum absolute atomic E-state index is 12.4. The lowest BCUT2D eigenvalue weighted by molar-refractivity contribution is -0.00159. The third kappa shape index (κ3) is 2.75. The van der Waals surface area contributed by atoms with Gasteiger partial charge < -0.3 is 9.64 Å². The minimum Gasteiger partial charge on any atom is -0.379 e. The van der Waals surface area contributed by atoms with Crippen molar-refractivity contribution in [3.63, 3.8) is 0 Å². The van der Waals surface area contributed by atoms with E-state index >= 15 is 0 Å². The summed E-state index contributed by atoms with van der Waals surface area (Å²) < 4.78 is 6.29. The zero-order chi connectivity index (χ0) is 13.1. The highest BCUT2D eigenvalue weighted by Gasteiger charge is 2.29. The van der Waals surface area contributed by atoms with Crippen LogP contribution in [0, 0.1) is 5.92 Å². The number of hydrogen-bond donors (Lipinski definition) is 0. The van der Waals surface area contributed by atoms with Crippen molar-refractivity contribution in [2.24, 2.45) is 5.92 Å². The van der Waals surface area contributed by atoms with Crippen molar-refractivity contribution in [2.75, 3.05) is 20.2 Å². The molecule has 2 unspecified atom stereocenters. The van der Waals surface area contributed by atoms with E-state index in [0.29, 0.717) is 12.5 Å². The Morgan fingerprint density at radius 3 is 2.83 bits per heavy atom. The number of rotatable bonds is 2. The van der Waals surface area contributed by atoms with Crippen molar-refractivity contribution in [3.05, 3.63) is 34.3 Å². The molecule has 0 N–H and O–H groups in total. The largest absolute Gasteiger partial charge is 0.379 e. The number of ether oxygens (including phenoxy) is 1. The molecule has 98 valence electrons. The average molecular weight is 312 g/mol. The van der Waals surface area contributed by atoms with Gasteiger partial charge in [-0.05, 0) is 40.4 Å². The Morgan fingerprint density at radius 1 is 1.44 bits per heavy atom. The van der Waals surface area contributed by atoms with Gasteiger partial charge in [0.25, 0.3) is 5.91 Å². The van der Waals surface area contributed by atoms with Crippen LogP contribution < -0.4 is 0 Å². The van der Waals surface area contributed by atoms with E-state index < -0.39 is 0 Å². The number of methoxy groups -OCH3 is 1. The zero-order valence-electron chi connectivity index (χ0n) is 10.7. The SMILES string of the molecule is COC1CN(C(=O)c2ccccc2Br)CCC1C. The molecule has 2 atom stereocenters. The summed E-state index contributed by atoms with van der Waals surface area (Å²) in [6, 6.07) is 7.55. The summed E-state index contributed by atoms with van der Waals surface area (Å²) >= 11 is 3.43. The number of amides is 1. The fourth-order valence-electron chi connectivity index (χ4n) is 2.33. The topological polar surface area (TPSA) is 29.5 Å². The number of benzene rings is 1. The second-order valence-corrected chi connectivity index (χ2v) is 5.63. The molecule has 1 fully saturated rings. The van der Waals surface area contributed by atoms with E-state index in [-0.39, 0.29) is 12.0 Å². The Kier molecular flexibility index (Phi) is 4.40. The van der Waals surface area contributed by atoms with Crippen LogP contribution in [0.2, 0.25) is 0 Å². The second-order valence-electron chi connectivity index (χ2n) is 4.77. The van der Waals surface area contributed by atoms with E-state index in [1.165, 1.54) is 0 Å². The third-order valence-electron chi connectivity index (χ3n) is 3.58. The van der Waals surface area contributed by atoms with Crippen LogP contribution in [0.5, 0.6) is 0 Å². The van der Waals surface area contributed by atoms with E-state index in [0.717, 1.165) is 23.0 Å². The molecule has 1 aliphatic rings. The van der Waals surface area contributed by atoms with E-state index in [1.807, 2.05) is 29.2 Å². The Balaban J connectivity index is 2.13. The highest BCUT2D eigenvalue weighted by atomic mass is 79.9. The lowest BCUT2D eigenvalue weighted by Crippen LogP contribution is -2.46. The molecular weight excluding hydrogens is 294 g/mol. The van der Waals surface area contributed by atoms with E-state index in [2.05, 4.69) is 22.9 Å². The Bertz CT molecular complexity index is 436. The number of nitrogens with zero attached hydrogens (tertiary/aromatic N) is 1. The number of carbonyl (C=O) groups is 1. The summed E-state index contributed by atoms with van der Waals surface area (Å²) in [6.07, 6.45) is 1.14. The van der Waals surface area contributed by atoms with Crippen molar-refractivity contribution in [3.8, 4) is 0 Å². The van der Waals surface area contributed by atoms with Crippen molar-refractivity contribution < 1.29 is 9.53 Å². The van der Waals surface area contributed by atoms with Crippen LogP contribution in [-0.4, -0.2) is 37.1 Å². The number of hydrogen-bond acceptors (Lipinski definition) is 2. The molecular formula is C14H18BrNO2. The Hall–Kier alpha value is -0.870. The minimum atomic E-state index is 0.0800. The molecule has 0 aromatic heterocycles. The molecule has 4 heteroatoms. The van der Waals surface area contributed by atoms with Crippen LogP contribution in [0.4, 0.5) is 0 Å². The average Bonchev–Trinajstić information content (AvgIpc) is 2.39. The van der Waals surface area contributed by atoms with Gasteiger partial charge in [0.05, 0.1) is 11.7 Å². The van der Waals surface area contributed by atoms with Gasteiger partial charge in [-0.1, -0.05) is 19.1 Å². The fourth-order valence-corrected chi connectivity index (χ4v) is 2.78. The number of likely N-dealkylation sites (tertiary alicyclic amines) is 1. The monoisotopic (exact) mass is 311 g/mol. The predicted octanol–water partition coefficient (Wildman–Crippen LogP) is 2.95. The Morgan fingerprint density at radius 2 is 2.17 bits per heavy atom. The van der Waals surface area contributed by atoms with Gasteiger partial charge in [-0.3, -0.25) is 4.79 Å². The first-order valence-electron chi connectivity index (χ1n) is 6.20. The van der Waals surface area contributed by atoms with E-state index in [1.54, 1.807) is 7.11 Å². The molecule has 0 radical (unpaired) electrons. The first-order chi connectivity index (χ1) is 8.63. The first-order valence-corrected chi connectivity index (χ1v) is 6.99. The van der Waals surface area contributed by atoms with Crippen LogP contribution in [-0.2, 0) is 4.74 Å². The molecule has 0 aliphatic carbocycles. The first kappa shape index (κ1) is 13.6. The number of piperidine rings is 1. The van der Waals surface area contributed by atoms with Crippen LogP contribution in [0.1, 0.15) is 23.7 Å². The standard InChI is InChI=1S/C14H18BrNO2/c1-10-7-8-16(9-13(10)18-2)14(17)11-5-3-4-6-12(11)15/h3-6,10,13H,7-9H2,1-2H3. The third-order valence-corrected chi connectivity index (χ3v) is 4.28. The minimum absolute atomic E-state index is 0.0800. The molecule has 0 bridgehead atoms. The van der Waals surface area contributed by atoms with Crippen molar-refractivity contribution in [2.45, 2.75) is 19.4 Å². The summed E-state index contributed by atoms with van der Waals surface area (Å²) in [5, 5.41) is 0. The maximum Gasteiger partial charge on any atom is 0.255 e. The molecule has 1 heterocycles. The summed E-state index contributed by atoms with van der Waals surface area (Å²) in [5.41, 5.74) is 0.724. The van der Waals surface area contributed by atoms with Gasteiger partial charge in [0.1, 0.15) is 0 Å². The van der Waals surface area contributed by atoms with Crippen molar-refractivity contribution in [1.29, 1.82) is 0 Å². The molecule has 18 heavy (non-hydrogen) atoms. The smallest absolute Gasteiger partial charge is 0.255 e. The summed E-state index contributed by atoms with van der Waals surface area (Å²) in [5.74, 6) is 0.592. The van der Waals surface area contributed by atoms with Gasteiger partial charge in [-0.25, -0.2) is 0 Å². The van der Waals surface area contributed by atoms with Crippen LogP contribution in [0.15, 0.2) is 28.7 Å². The van der Waals surface area contributed by atoms with Crippen LogP contribution in [0.25, 0.3) is 0 Å². The number of halogens is 1. The lowest BCUT2D eigenvalue weighted by Gasteiger charge is -2.36. The van der Waals surface area contributed by atoms with Crippen molar-refractivity contribution >= 4 is 21.8 Å². The van der Waals surface area contributed by atoms with Gasteiger partial charge >= 0.3 is 0 Å². The predicted molar refractivity (Wildman–Crippen MR) is 74.6 cm³/mol. The molecule has 1 amide bonds. The van der Waals surface area contributed by atoms with E-state index in [9.17, 15) is 4.79 Å². The molecule has 1 aromatic carbocycles. The fraction of sp³-hybridized carbons (Fsp3) is 0.500. The van der Waals surface area contributed by atoms with Gasteiger partial charge in [0, 0.05) is 24.7 Å². The van der Waals surface area contributed by atoms with Crippen LogP contribution in [0.3, 0.4) is 0 Å². The normalized spacial score (nSPS) is 24.1. The summed E-state index contributed by atoms with van der Waals surface area (Å²) in [4.78, 5) is 14.3. The Labute approximate surface area is 116 Å². The molecule has 3 nitrogen and oxygen atoms in total. The zero-order valence-corrected chi connectivity index (χ0v) is 12.3. The molecule has 1 aliphatic heterocycles. The van der Waals surface area contributed by atoms with Crippen LogP contribution >= 0.6 is 15.9 Å². The molecule has 0 spiro atoms. The molecule has 1 aromatic rings. The molecule has 2 rings (SSSR count). The highest BCUT2D eigenvalue weighted by molar-refractivity contribution is 9.10. The quantitative estimate of drug-likeness (QED) is 0.840. The molecule has 0 saturated carbocycles. The van der Waals surface area contributed by atoms with E-state index in [4.69, 9.17) is 4.74 Å². The summed E-state index contributed by atoms with van der Waals surface area (Å²) in [6.45, 7) is 3.66. The highest BCUT2D eigenvalue weighted by Crippen LogP contribution is 2.23. The lowest BCUT2D eigenvalue weighted by atomic mass is 9.95. The van der Waals surface area contributed by atoms with Gasteiger partial charge in [0.2, 0.25) is 0 Å². The van der Waals surface area contributed by atoms with Gasteiger partial charge in [0.15, 0.2) is 0 Å². The van der Waals surface area contributed by atoms with Crippen molar-refractivity contribution in [1.82, 2.24) is 4.90 Å². The second kappa shape index (κ2) is 5.85. The number of carbonyl (C=O) groups excluding carboxylic acids is 1. The maximum atomic E-state index is 12.4. The molecule has 1 saturated heterocycles. The van der Waals surface area contributed by atoms with Gasteiger partial charge in [-0.15, -0.1) is 0 Å². The van der Waals surface area contributed by atoms with Gasteiger partial charge in [-0.2, -0.15) is 0 Å². The summed E-state index contributed by atoms with van der Waals surface area (Å²) in [7, 11) is 1.72.